The lowest BCUT2D eigenvalue weighted by Crippen LogP contribution is -1.83. The predicted octanol–water partition coefficient (Wildman–Crippen LogP) is 7.29. The van der Waals surface area contributed by atoms with Gasteiger partial charge in [-0.05, 0) is 13.3 Å². The molecule has 0 heterocycles. The fourth-order valence-corrected chi connectivity index (χ4v) is 2.69. The third-order valence-electron chi connectivity index (χ3n) is 4.05. The predicted molar refractivity (Wildman–Crippen MR) is 97.0 cm³/mol. The van der Waals surface area contributed by atoms with Gasteiger partial charge in [0.15, 0.2) is 0 Å². The molecule has 0 unspecified atom stereocenters. The van der Waals surface area contributed by atoms with Crippen molar-refractivity contribution in [3.05, 3.63) is 13.8 Å². The zero-order valence-electron chi connectivity index (χ0n) is 14.4. The topological polar surface area (TPSA) is 0 Å². The molecule has 0 aromatic carbocycles. The first-order chi connectivity index (χ1) is 10.4. The van der Waals surface area contributed by atoms with Crippen molar-refractivity contribution in [2.75, 3.05) is 0 Å². The van der Waals surface area contributed by atoms with Crippen molar-refractivity contribution in [2.24, 2.45) is 0 Å². The van der Waals surface area contributed by atoms with Crippen LogP contribution in [-0.2, 0) is 0 Å². The molecule has 0 saturated carbocycles. The summed E-state index contributed by atoms with van der Waals surface area (Å²) < 4.78 is 0. The van der Waals surface area contributed by atoms with Crippen LogP contribution in [0.5, 0.6) is 0 Å². The first-order valence-corrected chi connectivity index (χ1v) is 9.46. The van der Waals surface area contributed by atoms with E-state index in [-0.39, 0.29) is 0 Å². The highest BCUT2D eigenvalue weighted by molar-refractivity contribution is 4.98. The molecular formula is C21H38. The number of rotatable bonds is 15. The van der Waals surface area contributed by atoms with Gasteiger partial charge in [-0.25, -0.2) is 0 Å². The molecule has 0 aliphatic carbocycles. The largest absolute Gasteiger partial charge is 0.103 e. The second-order valence-corrected chi connectivity index (χ2v) is 6.16. The molecule has 0 aliphatic heterocycles. The lowest BCUT2D eigenvalue weighted by atomic mass is 10.0. The van der Waals surface area contributed by atoms with E-state index in [0.717, 1.165) is 19.3 Å². The maximum Gasteiger partial charge on any atom is 0.00890 e. The Balaban J connectivity index is 2.96. The van der Waals surface area contributed by atoms with Gasteiger partial charge in [0.1, 0.15) is 0 Å². The van der Waals surface area contributed by atoms with Crippen molar-refractivity contribution in [3.63, 3.8) is 0 Å². The lowest BCUT2D eigenvalue weighted by molar-refractivity contribution is 0.534. The van der Waals surface area contributed by atoms with Crippen molar-refractivity contribution >= 4 is 0 Å². The number of unbranched alkanes of at least 4 members (excludes halogenated alkanes) is 15. The van der Waals surface area contributed by atoms with Crippen LogP contribution in [0.3, 0.4) is 0 Å². The molecule has 0 aromatic heterocycles. The van der Waals surface area contributed by atoms with E-state index in [4.69, 9.17) is 0 Å². The van der Waals surface area contributed by atoms with Gasteiger partial charge >= 0.3 is 0 Å². The van der Waals surface area contributed by atoms with Gasteiger partial charge in [-0.1, -0.05) is 96.8 Å². The fourth-order valence-electron chi connectivity index (χ4n) is 2.69. The lowest BCUT2D eigenvalue weighted by Gasteiger charge is -2.03. The Morgan fingerprint density at radius 1 is 0.429 bits per heavy atom. The minimum atomic E-state index is 0.760. The molecule has 122 valence electrons. The van der Waals surface area contributed by atoms with Crippen molar-refractivity contribution < 1.29 is 0 Å². The van der Waals surface area contributed by atoms with Crippen LogP contribution in [0.4, 0.5) is 0 Å². The zero-order chi connectivity index (χ0) is 15.4. The van der Waals surface area contributed by atoms with Crippen molar-refractivity contribution in [1.82, 2.24) is 0 Å². The molecule has 0 saturated heterocycles. The van der Waals surface area contributed by atoms with Gasteiger partial charge in [-0.3, -0.25) is 0 Å². The second kappa shape index (κ2) is 19.6. The Hall–Kier alpha value is -0.440. The summed E-state index contributed by atoms with van der Waals surface area (Å²) in [5.74, 6) is 6.20. The molecule has 0 heteroatoms. The standard InChI is InChI=1S/C21H38/c1-3-5-7-9-11-13-15-17-19-21-20-18-16-14-12-10-8-6-4-2/h1-5,7,9-21H2. The Labute approximate surface area is 135 Å². The molecule has 0 N–H and O–H groups in total. The van der Waals surface area contributed by atoms with Crippen molar-refractivity contribution in [2.45, 2.75) is 109 Å². The van der Waals surface area contributed by atoms with Crippen LogP contribution in [0.1, 0.15) is 109 Å². The molecule has 0 bridgehead atoms. The molecule has 0 spiro atoms. The summed E-state index contributed by atoms with van der Waals surface area (Å²) in [6.07, 6.45) is 22.7. The maximum atomic E-state index is 3.89. The van der Waals surface area contributed by atoms with Gasteiger partial charge in [0, 0.05) is 12.8 Å². The molecule has 21 heavy (non-hydrogen) atoms. The highest BCUT2D eigenvalue weighted by atomic mass is 14.0. The molecule has 0 aromatic rings. The number of hydrogen-bond acceptors (Lipinski definition) is 0. The highest BCUT2D eigenvalue weighted by Gasteiger charge is 1.93. The van der Waals surface area contributed by atoms with E-state index >= 15 is 0 Å². The molecular weight excluding hydrogens is 252 g/mol. The third kappa shape index (κ3) is 19.6. The molecule has 0 aliphatic rings. The minimum Gasteiger partial charge on any atom is -0.103 e. The summed E-state index contributed by atoms with van der Waals surface area (Å²) in [4.78, 5) is 0. The third-order valence-corrected chi connectivity index (χ3v) is 4.05. The van der Waals surface area contributed by atoms with Crippen LogP contribution in [0.25, 0.3) is 0 Å². The summed E-state index contributed by atoms with van der Waals surface area (Å²) in [6.45, 7) is 7.61. The smallest absolute Gasteiger partial charge is 0.00890 e. The summed E-state index contributed by atoms with van der Waals surface area (Å²) in [5.41, 5.74) is 0. The molecule has 2 radical (unpaired) electrons. The van der Waals surface area contributed by atoms with Gasteiger partial charge in [0.25, 0.3) is 0 Å². The summed E-state index contributed by atoms with van der Waals surface area (Å²) >= 11 is 0. The fraction of sp³-hybridized carbons (Fsp3) is 0.810. The average molecular weight is 291 g/mol. The van der Waals surface area contributed by atoms with Crippen LogP contribution < -0.4 is 0 Å². The van der Waals surface area contributed by atoms with Gasteiger partial charge in [-0.2, -0.15) is 0 Å². The van der Waals surface area contributed by atoms with Crippen LogP contribution >= 0.6 is 0 Å². The summed E-state index contributed by atoms with van der Waals surface area (Å²) in [7, 11) is 0. The molecule has 0 fully saturated rings. The maximum absolute atomic E-state index is 3.89. The van der Waals surface area contributed by atoms with E-state index in [2.05, 4.69) is 25.7 Å². The first-order valence-electron chi connectivity index (χ1n) is 9.46. The second-order valence-electron chi connectivity index (χ2n) is 6.16. The minimum absolute atomic E-state index is 0.760. The number of hydrogen-bond donors (Lipinski definition) is 0. The highest BCUT2D eigenvalue weighted by Crippen LogP contribution is 2.13. The Bertz CT molecular complexity index is 230. The van der Waals surface area contributed by atoms with Gasteiger partial charge in [0.05, 0.1) is 0 Å². The Kier molecular flexibility index (Phi) is 19.2. The van der Waals surface area contributed by atoms with E-state index in [9.17, 15) is 0 Å². The van der Waals surface area contributed by atoms with Crippen LogP contribution in [0.15, 0.2) is 0 Å². The first kappa shape index (κ1) is 20.6. The molecule has 0 nitrogen and oxygen atoms in total. The molecule has 0 atom stereocenters. The monoisotopic (exact) mass is 290 g/mol. The van der Waals surface area contributed by atoms with Gasteiger partial charge in [0.2, 0.25) is 0 Å². The molecule has 0 rings (SSSR count). The quantitative estimate of drug-likeness (QED) is 0.219. The SMILES string of the molecule is [CH2]CC#CCCCCCCCCCCCCCCCC[CH2]. The van der Waals surface area contributed by atoms with Crippen molar-refractivity contribution in [1.29, 1.82) is 0 Å². The molecule has 0 amide bonds. The Morgan fingerprint density at radius 2 is 0.810 bits per heavy atom. The van der Waals surface area contributed by atoms with Gasteiger partial charge in [-0.15, -0.1) is 11.8 Å². The van der Waals surface area contributed by atoms with E-state index in [0.29, 0.717) is 0 Å². The average Bonchev–Trinajstić information content (AvgIpc) is 2.50. The normalized spacial score (nSPS) is 10.4. The Morgan fingerprint density at radius 3 is 1.19 bits per heavy atom. The van der Waals surface area contributed by atoms with E-state index in [1.54, 1.807) is 0 Å². The zero-order valence-corrected chi connectivity index (χ0v) is 14.4. The van der Waals surface area contributed by atoms with Gasteiger partial charge < -0.3 is 0 Å². The summed E-state index contributed by atoms with van der Waals surface area (Å²) in [5, 5.41) is 0. The van der Waals surface area contributed by atoms with E-state index in [1.165, 1.54) is 89.9 Å². The van der Waals surface area contributed by atoms with E-state index < -0.39 is 0 Å². The van der Waals surface area contributed by atoms with Crippen LogP contribution in [0, 0.1) is 25.7 Å². The summed E-state index contributed by atoms with van der Waals surface area (Å²) in [6, 6.07) is 0. The van der Waals surface area contributed by atoms with E-state index in [1.807, 2.05) is 0 Å². The van der Waals surface area contributed by atoms with Crippen LogP contribution in [0.2, 0.25) is 0 Å². The van der Waals surface area contributed by atoms with Crippen molar-refractivity contribution in [3.8, 4) is 11.8 Å². The van der Waals surface area contributed by atoms with Crippen LogP contribution in [-0.4, -0.2) is 0 Å².